The minimum absolute atomic E-state index is 0.123. The van der Waals surface area contributed by atoms with E-state index >= 15 is 0 Å². The van der Waals surface area contributed by atoms with Gasteiger partial charge < -0.3 is 5.11 Å². The van der Waals surface area contributed by atoms with Crippen LogP contribution in [0.5, 0.6) is 0 Å². The van der Waals surface area contributed by atoms with E-state index in [9.17, 15) is 9.18 Å². The van der Waals surface area contributed by atoms with Crippen LogP contribution in [0.1, 0.15) is 25.5 Å². The molecule has 0 saturated carbocycles. The van der Waals surface area contributed by atoms with Crippen molar-refractivity contribution < 1.29 is 14.3 Å². The second-order valence-electron chi connectivity index (χ2n) is 5.10. The van der Waals surface area contributed by atoms with E-state index in [0.717, 1.165) is 12.1 Å². The predicted octanol–water partition coefficient (Wildman–Crippen LogP) is 2.54. The van der Waals surface area contributed by atoms with Gasteiger partial charge in [0.2, 0.25) is 0 Å². The van der Waals surface area contributed by atoms with E-state index in [2.05, 4.69) is 4.90 Å². The van der Waals surface area contributed by atoms with Gasteiger partial charge in [0.15, 0.2) is 0 Å². The summed E-state index contributed by atoms with van der Waals surface area (Å²) in [6.07, 6.45) is 0. The third-order valence-corrected chi connectivity index (χ3v) is 3.86. The van der Waals surface area contributed by atoms with Crippen molar-refractivity contribution >= 4 is 5.97 Å². The molecule has 98 valence electrons. The zero-order chi connectivity index (χ0) is 13.3. The highest BCUT2D eigenvalue weighted by Gasteiger charge is 2.36. The van der Waals surface area contributed by atoms with Crippen molar-refractivity contribution in [2.75, 3.05) is 13.1 Å². The van der Waals surface area contributed by atoms with E-state index in [1.54, 1.807) is 12.1 Å². The number of carbonyl (C=O) groups is 1. The van der Waals surface area contributed by atoms with Crippen LogP contribution in [0.4, 0.5) is 4.39 Å². The summed E-state index contributed by atoms with van der Waals surface area (Å²) < 4.78 is 12.9. The van der Waals surface area contributed by atoms with Crippen LogP contribution in [0, 0.1) is 17.7 Å². The molecule has 1 aromatic rings. The second-order valence-corrected chi connectivity index (χ2v) is 5.10. The second kappa shape index (κ2) is 5.06. The van der Waals surface area contributed by atoms with Crippen LogP contribution in [0.25, 0.3) is 0 Å². The Bertz CT molecular complexity index is 432. The number of halogens is 1. The number of likely N-dealkylation sites (tertiary alicyclic amines) is 1. The van der Waals surface area contributed by atoms with Gasteiger partial charge in [0.25, 0.3) is 0 Å². The number of carboxylic acids is 1. The van der Waals surface area contributed by atoms with Crippen molar-refractivity contribution in [3.8, 4) is 0 Å². The molecule has 0 spiro atoms. The molecule has 0 aliphatic carbocycles. The molecular weight excluding hydrogens is 233 g/mol. The van der Waals surface area contributed by atoms with E-state index in [0.29, 0.717) is 6.54 Å². The molecule has 1 saturated heterocycles. The van der Waals surface area contributed by atoms with Gasteiger partial charge in [-0.15, -0.1) is 0 Å². The Morgan fingerprint density at radius 1 is 1.39 bits per heavy atom. The molecule has 3 nitrogen and oxygen atoms in total. The van der Waals surface area contributed by atoms with Crippen molar-refractivity contribution in [1.82, 2.24) is 4.90 Å². The zero-order valence-electron chi connectivity index (χ0n) is 10.6. The number of rotatable bonds is 3. The lowest BCUT2D eigenvalue weighted by atomic mass is 9.99. The molecule has 1 aliphatic rings. The van der Waals surface area contributed by atoms with Crippen molar-refractivity contribution in [2.45, 2.75) is 19.9 Å². The Morgan fingerprint density at radius 2 is 2.00 bits per heavy atom. The van der Waals surface area contributed by atoms with E-state index in [-0.39, 0.29) is 23.7 Å². The van der Waals surface area contributed by atoms with Gasteiger partial charge >= 0.3 is 5.97 Å². The fourth-order valence-corrected chi connectivity index (χ4v) is 2.59. The number of hydrogen-bond donors (Lipinski definition) is 1. The first-order chi connectivity index (χ1) is 8.49. The van der Waals surface area contributed by atoms with Gasteiger partial charge in [-0.2, -0.15) is 0 Å². The van der Waals surface area contributed by atoms with E-state index < -0.39 is 5.97 Å². The van der Waals surface area contributed by atoms with Gasteiger partial charge in [0.05, 0.1) is 5.92 Å². The number of benzene rings is 1. The third kappa shape index (κ3) is 2.53. The van der Waals surface area contributed by atoms with Crippen LogP contribution in [0.2, 0.25) is 0 Å². The van der Waals surface area contributed by atoms with Crippen LogP contribution in [0.3, 0.4) is 0 Å². The molecule has 1 aliphatic heterocycles. The molecule has 0 radical (unpaired) electrons. The predicted molar refractivity (Wildman–Crippen MR) is 66.7 cm³/mol. The molecule has 1 N–H and O–H groups in total. The summed E-state index contributed by atoms with van der Waals surface area (Å²) >= 11 is 0. The fourth-order valence-electron chi connectivity index (χ4n) is 2.59. The summed E-state index contributed by atoms with van der Waals surface area (Å²) in [6, 6.07) is 6.54. The number of aliphatic carboxylic acids is 1. The van der Waals surface area contributed by atoms with Gasteiger partial charge in [-0.1, -0.05) is 19.1 Å². The average Bonchev–Trinajstić information content (AvgIpc) is 2.71. The number of hydrogen-bond acceptors (Lipinski definition) is 2. The van der Waals surface area contributed by atoms with Crippen molar-refractivity contribution in [3.05, 3.63) is 35.6 Å². The van der Waals surface area contributed by atoms with Gasteiger partial charge in [0.1, 0.15) is 5.82 Å². The summed E-state index contributed by atoms with van der Waals surface area (Å²) in [4.78, 5) is 13.2. The Hall–Kier alpha value is -1.42. The van der Waals surface area contributed by atoms with Gasteiger partial charge in [-0.05, 0) is 30.5 Å². The van der Waals surface area contributed by atoms with Gasteiger partial charge in [-0.25, -0.2) is 4.39 Å². The molecule has 2 rings (SSSR count). The standard InChI is InChI=1S/C14H18FNO2/c1-9-7-16(8-13(9)14(17)18)10(2)11-3-5-12(15)6-4-11/h3-6,9-10,13H,7-8H2,1-2H3,(H,17,18)/t9-,10?,13-/m1/s1. The van der Waals surface area contributed by atoms with E-state index in [4.69, 9.17) is 5.11 Å². The molecule has 1 fully saturated rings. The Balaban J connectivity index is 2.09. The number of nitrogens with zero attached hydrogens (tertiary/aromatic N) is 1. The van der Waals surface area contributed by atoms with Gasteiger partial charge in [-0.3, -0.25) is 9.69 Å². The highest BCUT2D eigenvalue weighted by atomic mass is 19.1. The van der Waals surface area contributed by atoms with E-state index in [1.807, 2.05) is 13.8 Å². The van der Waals surface area contributed by atoms with Crippen molar-refractivity contribution in [3.63, 3.8) is 0 Å². The lowest BCUT2D eigenvalue weighted by Crippen LogP contribution is -2.26. The van der Waals surface area contributed by atoms with Crippen LogP contribution >= 0.6 is 0 Å². The molecule has 4 heteroatoms. The van der Waals surface area contributed by atoms with E-state index in [1.165, 1.54) is 12.1 Å². The normalized spacial score (nSPS) is 26.2. The summed E-state index contributed by atoms with van der Waals surface area (Å²) in [5.41, 5.74) is 1.02. The summed E-state index contributed by atoms with van der Waals surface area (Å²) in [5.74, 6) is -1.11. The van der Waals surface area contributed by atoms with Crippen molar-refractivity contribution in [2.24, 2.45) is 11.8 Å². The summed E-state index contributed by atoms with van der Waals surface area (Å²) in [6.45, 7) is 5.34. The van der Waals surface area contributed by atoms with Crippen LogP contribution in [0.15, 0.2) is 24.3 Å². The Morgan fingerprint density at radius 3 is 2.50 bits per heavy atom. The number of carboxylic acid groups (broad SMARTS) is 1. The fraction of sp³-hybridized carbons (Fsp3) is 0.500. The maximum absolute atomic E-state index is 12.9. The molecule has 0 amide bonds. The molecular formula is C14H18FNO2. The maximum atomic E-state index is 12.9. The molecule has 0 aromatic heterocycles. The smallest absolute Gasteiger partial charge is 0.308 e. The van der Waals surface area contributed by atoms with Crippen LogP contribution in [-0.4, -0.2) is 29.1 Å². The van der Waals surface area contributed by atoms with Crippen LogP contribution < -0.4 is 0 Å². The highest BCUT2D eigenvalue weighted by Crippen LogP contribution is 2.30. The first kappa shape index (κ1) is 13.0. The lowest BCUT2D eigenvalue weighted by molar-refractivity contribution is -0.142. The lowest BCUT2D eigenvalue weighted by Gasteiger charge is -2.24. The summed E-state index contributed by atoms with van der Waals surface area (Å²) in [7, 11) is 0. The Kier molecular flexibility index (Phi) is 3.66. The first-order valence-corrected chi connectivity index (χ1v) is 6.21. The summed E-state index contributed by atoms with van der Waals surface area (Å²) in [5, 5.41) is 9.11. The molecule has 0 bridgehead atoms. The van der Waals surface area contributed by atoms with Gasteiger partial charge in [0, 0.05) is 19.1 Å². The minimum atomic E-state index is -0.726. The van der Waals surface area contributed by atoms with Crippen molar-refractivity contribution in [1.29, 1.82) is 0 Å². The topological polar surface area (TPSA) is 40.5 Å². The average molecular weight is 251 g/mol. The first-order valence-electron chi connectivity index (χ1n) is 6.21. The molecule has 3 atom stereocenters. The largest absolute Gasteiger partial charge is 0.481 e. The molecule has 18 heavy (non-hydrogen) atoms. The quantitative estimate of drug-likeness (QED) is 0.897. The SMILES string of the molecule is CC(c1ccc(F)cc1)N1C[C@@H](C)[C@H](C(=O)O)C1. The minimum Gasteiger partial charge on any atom is -0.481 e. The highest BCUT2D eigenvalue weighted by molar-refractivity contribution is 5.71. The monoisotopic (exact) mass is 251 g/mol. The van der Waals surface area contributed by atoms with Crippen LogP contribution in [-0.2, 0) is 4.79 Å². The zero-order valence-corrected chi connectivity index (χ0v) is 10.6. The Labute approximate surface area is 106 Å². The maximum Gasteiger partial charge on any atom is 0.308 e. The molecule has 1 unspecified atom stereocenters. The molecule has 1 aromatic carbocycles. The third-order valence-electron chi connectivity index (χ3n) is 3.86. The molecule has 1 heterocycles.